The Morgan fingerprint density at radius 3 is 2.34 bits per heavy atom. The summed E-state index contributed by atoms with van der Waals surface area (Å²) >= 11 is 0. The second kappa shape index (κ2) is 11.9. The monoisotopic (exact) mass is 573 g/mol. The number of carbonyl (C=O) groups is 3. The minimum Gasteiger partial charge on any atom is -0.298 e. The highest BCUT2D eigenvalue weighted by Gasteiger charge is 2.37. The molecule has 1 atom stereocenters. The number of pyridine rings is 1. The number of aldehydes is 1. The average Bonchev–Trinajstić information content (AvgIpc) is 3.31. The van der Waals surface area contributed by atoms with Gasteiger partial charge in [-0.3, -0.25) is 24.0 Å². The van der Waals surface area contributed by atoms with Crippen molar-refractivity contribution in [3.05, 3.63) is 106 Å². The van der Waals surface area contributed by atoms with Crippen LogP contribution < -0.4 is 0 Å². The van der Waals surface area contributed by atoms with E-state index in [4.69, 9.17) is 0 Å². The summed E-state index contributed by atoms with van der Waals surface area (Å²) in [6.07, 6.45) is -3.16. The van der Waals surface area contributed by atoms with Crippen molar-refractivity contribution in [2.75, 3.05) is 0 Å². The normalized spacial score (nSPS) is 12.3. The van der Waals surface area contributed by atoms with Crippen LogP contribution in [0.1, 0.15) is 56.9 Å². The highest BCUT2D eigenvalue weighted by molar-refractivity contribution is 5.95. The van der Waals surface area contributed by atoms with Gasteiger partial charge < -0.3 is 0 Å². The second-order valence-electron chi connectivity index (χ2n) is 9.35. The van der Waals surface area contributed by atoms with Crippen molar-refractivity contribution < 1.29 is 40.7 Å². The van der Waals surface area contributed by atoms with Gasteiger partial charge >= 0.3 is 6.18 Å². The number of alkyl halides is 3. The van der Waals surface area contributed by atoms with Crippen LogP contribution in [0.15, 0.2) is 60.9 Å². The Morgan fingerprint density at radius 2 is 1.73 bits per heavy atom. The zero-order valence-electron chi connectivity index (χ0n) is 21.4. The van der Waals surface area contributed by atoms with E-state index in [0.717, 1.165) is 24.4 Å². The molecule has 0 radical (unpaired) electrons. The van der Waals surface area contributed by atoms with Gasteiger partial charge in [-0.2, -0.15) is 18.3 Å². The number of hydrogen-bond donors (Lipinski definition) is 0. The Bertz CT molecular complexity index is 1610. The molecule has 0 unspecified atom stereocenters. The van der Waals surface area contributed by atoms with E-state index in [2.05, 4.69) is 10.1 Å². The molecular weight excluding hydrogens is 552 g/mol. The predicted molar refractivity (Wildman–Crippen MR) is 135 cm³/mol. The smallest absolute Gasteiger partial charge is 0.298 e. The van der Waals surface area contributed by atoms with Gasteiger partial charge in [-0.05, 0) is 54.8 Å². The highest BCUT2D eigenvalue weighted by Crippen LogP contribution is 2.34. The van der Waals surface area contributed by atoms with E-state index < -0.39 is 58.9 Å². The number of ketones is 2. The first kappa shape index (κ1) is 29.4. The molecule has 0 amide bonds. The maximum Gasteiger partial charge on any atom is 0.435 e. The first-order valence-electron chi connectivity index (χ1n) is 12.2. The molecular formula is C29H21F6N3O3. The molecule has 41 heavy (non-hydrogen) atoms. The fraction of sp³-hybridized carbons (Fsp3) is 0.207. The van der Waals surface area contributed by atoms with Crippen LogP contribution in [0, 0.1) is 17.5 Å². The molecule has 0 aliphatic rings. The SMILES string of the molecule is CC(=O)c1cc(-c2cccnc2[C@@H](CC(=O)Cn2cc(C=O)c(C(F)(F)F)n2)Cc2cc(F)cc(F)c2)ccc1F. The maximum absolute atomic E-state index is 14.2. The van der Waals surface area contributed by atoms with E-state index in [1.54, 1.807) is 12.1 Å². The third kappa shape index (κ3) is 6.94. The summed E-state index contributed by atoms with van der Waals surface area (Å²) in [4.78, 5) is 40.5. The van der Waals surface area contributed by atoms with Gasteiger partial charge in [0.15, 0.2) is 23.5 Å². The lowest BCUT2D eigenvalue weighted by atomic mass is 9.86. The van der Waals surface area contributed by atoms with Crippen LogP contribution in [0.25, 0.3) is 11.1 Å². The number of benzene rings is 2. The number of halogens is 6. The zero-order valence-corrected chi connectivity index (χ0v) is 21.4. The first-order chi connectivity index (χ1) is 19.3. The summed E-state index contributed by atoms with van der Waals surface area (Å²) in [6, 6.07) is 9.85. The molecule has 0 saturated carbocycles. The molecule has 0 N–H and O–H groups in total. The van der Waals surface area contributed by atoms with E-state index in [1.807, 2.05) is 0 Å². The highest BCUT2D eigenvalue weighted by atomic mass is 19.4. The Balaban J connectivity index is 1.73. The summed E-state index contributed by atoms with van der Waals surface area (Å²) in [7, 11) is 0. The molecule has 212 valence electrons. The molecule has 0 aliphatic carbocycles. The Morgan fingerprint density at radius 1 is 1.02 bits per heavy atom. The number of rotatable bonds is 10. The van der Waals surface area contributed by atoms with Crippen LogP contribution in [-0.4, -0.2) is 32.6 Å². The molecule has 4 rings (SSSR count). The third-order valence-corrected chi connectivity index (χ3v) is 6.28. The predicted octanol–water partition coefficient (Wildman–Crippen LogP) is 6.38. The summed E-state index contributed by atoms with van der Waals surface area (Å²) in [5.74, 6) is -4.43. The Hall–Kier alpha value is -4.61. The number of carbonyl (C=O) groups excluding carboxylic acids is 3. The minimum atomic E-state index is -4.91. The minimum absolute atomic E-state index is 0.0176. The molecule has 0 bridgehead atoms. The van der Waals surface area contributed by atoms with Crippen LogP contribution in [0.2, 0.25) is 0 Å². The van der Waals surface area contributed by atoms with Crippen molar-refractivity contribution in [2.24, 2.45) is 0 Å². The van der Waals surface area contributed by atoms with Crippen molar-refractivity contribution >= 4 is 17.9 Å². The lowest BCUT2D eigenvalue weighted by Gasteiger charge is -2.20. The molecule has 0 spiro atoms. The fourth-order valence-corrected chi connectivity index (χ4v) is 4.57. The molecule has 6 nitrogen and oxygen atoms in total. The largest absolute Gasteiger partial charge is 0.435 e. The van der Waals surface area contributed by atoms with E-state index >= 15 is 0 Å². The van der Waals surface area contributed by atoms with E-state index in [1.165, 1.54) is 25.3 Å². The number of aromatic nitrogens is 3. The van der Waals surface area contributed by atoms with Crippen molar-refractivity contribution in [2.45, 2.75) is 38.4 Å². The maximum atomic E-state index is 14.2. The van der Waals surface area contributed by atoms with Gasteiger partial charge in [0.2, 0.25) is 0 Å². The lowest BCUT2D eigenvalue weighted by molar-refractivity contribution is -0.142. The van der Waals surface area contributed by atoms with E-state index in [9.17, 15) is 40.7 Å². The van der Waals surface area contributed by atoms with E-state index in [0.29, 0.717) is 21.9 Å². The summed E-state index contributed by atoms with van der Waals surface area (Å²) < 4.78 is 82.5. The fourth-order valence-electron chi connectivity index (χ4n) is 4.57. The summed E-state index contributed by atoms with van der Waals surface area (Å²) in [6.45, 7) is 0.569. The van der Waals surface area contributed by atoms with Crippen LogP contribution in [-0.2, 0) is 23.9 Å². The van der Waals surface area contributed by atoms with Crippen LogP contribution in [0.5, 0.6) is 0 Å². The Kier molecular flexibility index (Phi) is 8.50. The number of nitrogens with zero attached hydrogens (tertiary/aromatic N) is 3. The van der Waals surface area contributed by atoms with Crippen molar-refractivity contribution in [1.82, 2.24) is 14.8 Å². The summed E-state index contributed by atoms with van der Waals surface area (Å²) in [5, 5.41) is 3.34. The first-order valence-corrected chi connectivity index (χ1v) is 12.2. The molecule has 2 heterocycles. The van der Waals surface area contributed by atoms with E-state index in [-0.39, 0.29) is 35.9 Å². The van der Waals surface area contributed by atoms with Crippen LogP contribution in [0.3, 0.4) is 0 Å². The lowest BCUT2D eigenvalue weighted by Crippen LogP contribution is -2.18. The third-order valence-electron chi connectivity index (χ3n) is 6.28. The van der Waals surface area contributed by atoms with Gasteiger partial charge in [0, 0.05) is 36.4 Å². The van der Waals surface area contributed by atoms with Crippen molar-refractivity contribution in [3.8, 4) is 11.1 Å². The quantitative estimate of drug-likeness (QED) is 0.125. The zero-order chi connectivity index (χ0) is 29.9. The molecule has 2 aromatic heterocycles. The van der Waals surface area contributed by atoms with Crippen molar-refractivity contribution in [3.63, 3.8) is 0 Å². The molecule has 0 fully saturated rings. The molecule has 2 aromatic carbocycles. The molecule has 0 aliphatic heterocycles. The molecule has 0 saturated heterocycles. The van der Waals surface area contributed by atoms with Crippen LogP contribution in [0.4, 0.5) is 26.3 Å². The van der Waals surface area contributed by atoms with Crippen LogP contribution >= 0.6 is 0 Å². The standard InChI is InChI=1S/C29H21F6N3O3/c1-16(40)25-11-18(4-5-26(25)32)24-3-2-6-36-27(24)19(7-17-8-21(30)12-22(31)9-17)10-23(41)14-38-13-20(15-39)28(37-38)29(33,34)35/h2-6,8-9,11-13,15,19H,7,10,14H2,1H3/t19-/m1/s1. The average molecular weight is 573 g/mol. The van der Waals surface area contributed by atoms with Crippen molar-refractivity contribution in [1.29, 1.82) is 0 Å². The number of Topliss-reactive ketones (excluding diaryl/α,β-unsaturated/α-hetero) is 2. The van der Waals surface area contributed by atoms with Gasteiger partial charge in [-0.25, -0.2) is 13.2 Å². The second-order valence-corrected chi connectivity index (χ2v) is 9.35. The summed E-state index contributed by atoms with van der Waals surface area (Å²) in [5.41, 5.74) is -1.09. The van der Waals surface area contributed by atoms with Gasteiger partial charge in [0.25, 0.3) is 0 Å². The molecule has 12 heteroatoms. The molecule has 4 aromatic rings. The topological polar surface area (TPSA) is 81.9 Å². The van der Waals surface area contributed by atoms with Gasteiger partial charge in [-0.1, -0.05) is 12.1 Å². The van der Waals surface area contributed by atoms with Gasteiger partial charge in [-0.15, -0.1) is 0 Å². The van der Waals surface area contributed by atoms with Gasteiger partial charge in [0.1, 0.15) is 17.5 Å². The Labute approximate surface area is 229 Å². The number of hydrogen-bond acceptors (Lipinski definition) is 5. The van der Waals surface area contributed by atoms with Gasteiger partial charge in [0.05, 0.1) is 23.4 Å².